The lowest BCUT2D eigenvalue weighted by Gasteiger charge is -2.21. The number of methoxy groups -OCH3 is 1. The number of ether oxygens (including phenoxy) is 1. The largest absolute Gasteiger partial charge is 0.443 e. The maximum absolute atomic E-state index is 5.54. The van der Waals surface area contributed by atoms with E-state index in [1.165, 1.54) is 0 Å². The van der Waals surface area contributed by atoms with Crippen LogP contribution in [-0.2, 0) is 11.3 Å². The Labute approximate surface area is 163 Å². The Balaban J connectivity index is 0.00000208. The minimum absolute atomic E-state index is 0. The summed E-state index contributed by atoms with van der Waals surface area (Å²) in [6.07, 6.45) is 2.84. The second-order valence-corrected chi connectivity index (χ2v) is 6.53. The standard InChI is InChI=1S/C16H22N4O2S.HI/c1-17-16(20-6-5-12(9-20)10-21-2)18-8-13-11-22-15(19-13)14-4-3-7-23-14;/h3-4,7,11-12H,5-6,8-10H2,1-2H3,(H,17,18);1H. The van der Waals surface area contributed by atoms with Crippen molar-refractivity contribution in [2.75, 3.05) is 33.9 Å². The number of rotatable bonds is 5. The smallest absolute Gasteiger partial charge is 0.236 e. The van der Waals surface area contributed by atoms with E-state index in [0.29, 0.717) is 18.4 Å². The third-order valence-electron chi connectivity index (χ3n) is 3.91. The van der Waals surface area contributed by atoms with Crippen molar-refractivity contribution in [1.29, 1.82) is 0 Å². The van der Waals surface area contributed by atoms with Gasteiger partial charge in [-0.1, -0.05) is 6.07 Å². The van der Waals surface area contributed by atoms with Gasteiger partial charge in [0.1, 0.15) is 6.26 Å². The third kappa shape index (κ3) is 4.70. The summed E-state index contributed by atoms with van der Waals surface area (Å²) in [5.74, 6) is 2.16. The maximum atomic E-state index is 5.54. The molecule has 8 heteroatoms. The summed E-state index contributed by atoms with van der Waals surface area (Å²) in [6, 6.07) is 4.00. The molecule has 0 spiro atoms. The molecule has 6 nitrogen and oxygen atoms in total. The van der Waals surface area contributed by atoms with Gasteiger partial charge < -0.3 is 19.4 Å². The van der Waals surface area contributed by atoms with Gasteiger partial charge in [0.15, 0.2) is 5.96 Å². The second kappa shape index (κ2) is 9.38. The van der Waals surface area contributed by atoms with Crippen LogP contribution < -0.4 is 5.32 Å². The fourth-order valence-electron chi connectivity index (χ4n) is 2.80. The molecule has 0 saturated carbocycles. The van der Waals surface area contributed by atoms with Gasteiger partial charge in [-0.25, -0.2) is 4.98 Å². The van der Waals surface area contributed by atoms with Gasteiger partial charge in [-0.2, -0.15) is 0 Å². The van der Waals surface area contributed by atoms with Gasteiger partial charge in [0.25, 0.3) is 0 Å². The van der Waals surface area contributed by atoms with Crippen LogP contribution in [0.25, 0.3) is 10.8 Å². The predicted molar refractivity (Wildman–Crippen MR) is 107 cm³/mol. The highest BCUT2D eigenvalue weighted by Gasteiger charge is 2.24. The summed E-state index contributed by atoms with van der Waals surface area (Å²) in [6.45, 7) is 3.40. The van der Waals surface area contributed by atoms with Crippen LogP contribution in [0.15, 0.2) is 33.2 Å². The first-order chi connectivity index (χ1) is 11.3. The number of hydrogen-bond acceptors (Lipinski definition) is 5. The monoisotopic (exact) mass is 462 g/mol. The zero-order valence-corrected chi connectivity index (χ0v) is 17.0. The Kier molecular flexibility index (Phi) is 7.50. The molecule has 0 radical (unpaired) electrons. The predicted octanol–water partition coefficient (Wildman–Crippen LogP) is 3.06. The minimum Gasteiger partial charge on any atom is -0.443 e. The number of aliphatic imine (C=N–C) groups is 1. The first-order valence-electron chi connectivity index (χ1n) is 7.73. The van der Waals surface area contributed by atoms with E-state index in [1.807, 2.05) is 24.6 Å². The highest BCUT2D eigenvalue weighted by molar-refractivity contribution is 14.0. The molecule has 24 heavy (non-hydrogen) atoms. The van der Waals surface area contributed by atoms with Gasteiger partial charge in [0.05, 0.1) is 23.7 Å². The van der Waals surface area contributed by atoms with Crippen molar-refractivity contribution in [3.63, 3.8) is 0 Å². The molecule has 1 atom stereocenters. The van der Waals surface area contributed by atoms with Gasteiger partial charge in [-0.05, 0) is 17.9 Å². The van der Waals surface area contributed by atoms with Crippen LogP contribution in [0, 0.1) is 5.92 Å². The fraction of sp³-hybridized carbons (Fsp3) is 0.500. The number of hydrogen-bond donors (Lipinski definition) is 1. The highest BCUT2D eigenvalue weighted by Crippen LogP contribution is 2.23. The lowest BCUT2D eigenvalue weighted by atomic mass is 10.1. The summed E-state index contributed by atoms with van der Waals surface area (Å²) in [5.41, 5.74) is 0.877. The van der Waals surface area contributed by atoms with Gasteiger partial charge in [0, 0.05) is 33.2 Å². The van der Waals surface area contributed by atoms with E-state index in [4.69, 9.17) is 9.15 Å². The Hall–Kier alpha value is -1.13. The van der Waals surface area contributed by atoms with Crippen molar-refractivity contribution in [2.45, 2.75) is 13.0 Å². The zero-order valence-electron chi connectivity index (χ0n) is 13.9. The average molecular weight is 462 g/mol. The van der Waals surface area contributed by atoms with Crippen molar-refractivity contribution in [2.24, 2.45) is 10.9 Å². The SMILES string of the molecule is CN=C(NCc1coc(-c2cccs2)n1)N1CCC(COC)C1.I. The Bertz CT molecular complexity index is 644. The van der Waals surface area contributed by atoms with Gasteiger partial charge in [-0.3, -0.25) is 4.99 Å². The van der Waals surface area contributed by atoms with E-state index in [2.05, 4.69) is 20.2 Å². The lowest BCUT2D eigenvalue weighted by Crippen LogP contribution is -2.39. The van der Waals surface area contributed by atoms with Crippen LogP contribution in [0.2, 0.25) is 0 Å². The Morgan fingerprint density at radius 2 is 2.46 bits per heavy atom. The quantitative estimate of drug-likeness (QED) is 0.421. The summed E-state index contributed by atoms with van der Waals surface area (Å²) in [7, 11) is 3.57. The molecule has 1 unspecified atom stereocenters. The maximum Gasteiger partial charge on any atom is 0.236 e. The van der Waals surface area contributed by atoms with E-state index in [1.54, 1.807) is 24.7 Å². The molecule has 0 aliphatic carbocycles. The minimum atomic E-state index is 0. The third-order valence-corrected chi connectivity index (χ3v) is 4.77. The molecular weight excluding hydrogens is 439 g/mol. The van der Waals surface area contributed by atoms with Crippen LogP contribution in [0.1, 0.15) is 12.1 Å². The van der Waals surface area contributed by atoms with Crippen LogP contribution in [0.5, 0.6) is 0 Å². The van der Waals surface area contributed by atoms with Crippen molar-refractivity contribution in [3.05, 3.63) is 29.5 Å². The van der Waals surface area contributed by atoms with E-state index >= 15 is 0 Å². The Morgan fingerprint density at radius 1 is 1.58 bits per heavy atom. The first-order valence-corrected chi connectivity index (χ1v) is 8.61. The van der Waals surface area contributed by atoms with Crippen molar-refractivity contribution in [3.8, 4) is 10.8 Å². The van der Waals surface area contributed by atoms with E-state index < -0.39 is 0 Å². The molecular formula is C16H23IN4O2S. The topological polar surface area (TPSA) is 62.9 Å². The summed E-state index contributed by atoms with van der Waals surface area (Å²) >= 11 is 1.62. The molecule has 1 aliphatic rings. The summed E-state index contributed by atoms with van der Waals surface area (Å²) in [5, 5.41) is 5.38. The highest BCUT2D eigenvalue weighted by atomic mass is 127. The number of guanidine groups is 1. The van der Waals surface area contributed by atoms with E-state index in [0.717, 1.165) is 42.6 Å². The molecule has 0 aromatic carbocycles. The number of oxazole rings is 1. The molecule has 1 N–H and O–H groups in total. The fourth-order valence-corrected chi connectivity index (χ4v) is 3.46. The molecule has 1 fully saturated rings. The molecule has 2 aromatic heterocycles. The molecule has 0 bridgehead atoms. The van der Waals surface area contributed by atoms with E-state index in [9.17, 15) is 0 Å². The van der Waals surface area contributed by atoms with Gasteiger partial charge >= 0.3 is 0 Å². The van der Waals surface area contributed by atoms with Gasteiger partial charge in [0.2, 0.25) is 5.89 Å². The number of aromatic nitrogens is 1. The van der Waals surface area contributed by atoms with Crippen LogP contribution in [0.3, 0.4) is 0 Å². The molecule has 3 heterocycles. The second-order valence-electron chi connectivity index (χ2n) is 5.58. The molecule has 1 aliphatic heterocycles. The molecule has 2 aromatic rings. The van der Waals surface area contributed by atoms with Gasteiger partial charge in [-0.15, -0.1) is 35.3 Å². The van der Waals surface area contributed by atoms with Crippen LogP contribution in [0.4, 0.5) is 0 Å². The van der Waals surface area contributed by atoms with E-state index in [-0.39, 0.29) is 24.0 Å². The number of likely N-dealkylation sites (tertiary alicyclic amines) is 1. The normalized spacial score (nSPS) is 17.8. The van der Waals surface area contributed by atoms with Crippen molar-refractivity contribution >= 4 is 41.3 Å². The van der Waals surface area contributed by atoms with Crippen LogP contribution in [-0.4, -0.2) is 49.7 Å². The first kappa shape index (κ1) is 19.2. The van der Waals surface area contributed by atoms with Crippen molar-refractivity contribution < 1.29 is 9.15 Å². The van der Waals surface area contributed by atoms with Crippen molar-refractivity contribution in [1.82, 2.24) is 15.2 Å². The Morgan fingerprint density at radius 3 is 3.17 bits per heavy atom. The molecule has 3 rings (SSSR count). The number of nitrogens with zero attached hydrogens (tertiary/aromatic N) is 3. The summed E-state index contributed by atoms with van der Waals surface area (Å²) in [4.78, 5) is 12.2. The molecule has 0 amide bonds. The number of thiophene rings is 1. The number of nitrogens with one attached hydrogen (secondary N) is 1. The molecule has 132 valence electrons. The summed E-state index contributed by atoms with van der Waals surface area (Å²) < 4.78 is 10.8. The van der Waals surface area contributed by atoms with Crippen LogP contribution >= 0.6 is 35.3 Å². The number of halogens is 1. The average Bonchev–Trinajstić information content (AvgIpc) is 3.30. The lowest BCUT2D eigenvalue weighted by molar-refractivity contribution is 0.157. The molecule has 1 saturated heterocycles. The zero-order chi connectivity index (χ0) is 16.1.